The summed E-state index contributed by atoms with van der Waals surface area (Å²) in [6.45, 7) is 0.113. The molecule has 1 aromatic heterocycles. The fourth-order valence-electron chi connectivity index (χ4n) is 4.37. The Morgan fingerprint density at radius 1 is 0.857 bits per heavy atom. The molecule has 0 spiro atoms. The predicted molar refractivity (Wildman–Crippen MR) is 148 cm³/mol. The Labute approximate surface area is 239 Å². The Bertz CT molecular complexity index is 1860. The number of nitrogens with zero attached hydrogens (tertiary/aromatic N) is 3. The summed E-state index contributed by atoms with van der Waals surface area (Å²) in [6, 6.07) is 20.0. The molecule has 0 fully saturated rings. The van der Waals surface area contributed by atoms with Crippen molar-refractivity contribution in [2.75, 3.05) is 14.2 Å². The molecule has 0 amide bonds. The molecule has 5 aromatic rings. The van der Waals surface area contributed by atoms with E-state index in [9.17, 15) is 26.0 Å². The Kier molecular flexibility index (Phi) is 7.85. The first-order valence-electron chi connectivity index (χ1n) is 12.5. The monoisotopic (exact) mass is 597 g/mol. The summed E-state index contributed by atoms with van der Waals surface area (Å²) in [5.74, 6) is 0.179. The van der Waals surface area contributed by atoms with Gasteiger partial charge in [0.2, 0.25) is 10.0 Å². The third-order valence-corrected chi connectivity index (χ3v) is 8.28. The van der Waals surface area contributed by atoms with E-state index in [2.05, 4.69) is 9.97 Å². The Balaban J connectivity index is 1.43. The average Bonchev–Trinajstić information content (AvgIpc) is 2.97. The van der Waals surface area contributed by atoms with Crippen molar-refractivity contribution in [3.63, 3.8) is 0 Å². The molecule has 0 unspecified atom stereocenters. The van der Waals surface area contributed by atoms with E-state index in [4.69, 9.17) is 9.47 Å². The summed E-state index contributed by atoms with van der Waals surface area (Å²) in [7, 11) is -0.919. The maximum Gasteiger partial charge on any atom is 0.418 e. The van der Waals surface area contributed by atoms with Crippen molar-refractivity contribution >= 4 is 20.9 Å². The van der Waals surface area contributed by atoms with Gasteiger partial charge in [0.05, 0.1) is 28.8 Å². The molecule has 0 aliphatic heterocycles. The number of para-hydroxylation sites is 1. The average molecular weight is 598 g/mol. The summed E-state index contributed by atoms with van der Waals surface area (Å²) < 4.78 is 94.3. The van der Waals surface area contributed by atoms with Crippen LogP contribution in [0, 0.1) is 5.82 Å². The molecule has 0 bridgehead atoms. The molecule has 42 heavy (non-hydrogen) atoms. The first-order valence-corrected chi connectivity index (χ1v) is 13.9. The molecule has 7 nitrogen and oxygen atoms in total. The summed E-state index contributed by atoms with van der Waals surface area (Å²) in [6.07, 6.45) is -3.72. The maximum atomic E-state index is 15.0. The van der Waals surface area contributed by atoms with Gasteiger partial charge in [-0.15, -0.1) is 0 Å². The minimum atomic E-state index is -4.66. The molecule has 0 atom stereocenters. The van der Waals surface area contributed by atoms with Gasteiger partial charge >= 0.3 is 6.18 Å². The van der Waals surface area contributed by atoms with Crippen molar-refractivity contribution in [3.8, 4) is 28.5 Å². The quantitative estimate of drug-likeness (QED) is 0.178. The number of hydrogen-bond donors (Lipinski definition) is 0. The lowest BCUT2D eigenvalue weighted by molar-refractivity contribution is -0.136. The van der Waals surface area contributed by atoms with Crippen LogP contribution >= 0.6 is 0 Å². The molecule has 12 heteroatoms. The normalized spacial score (nSPS) is 12.1. The Morgan fingerprint density at radius 3 is 2.26 bits per heavy atom. The molecule has 216 valence electrons. The van der Waals surface area contributed by atoms with Crippen LogP contribution in [0.2, 0.25) is 0 Å². The van der Waals surface area contributed by atoms with Gasteiger partial charge in [-0.2, -0.15) is 17.5 Å². The van der Waals surface area contributed by atoms with Crippen molar-refractivity contribution in [2.45, 2.75) is 17.6 Å². The van der Waals surface area contributed by atoms with Crippen LogP contribution in [0.4, 0.5) is 17.6 Å². The van der Waals surface area contributed by atoms with Gasteiger partial charge in [0.1, 0.15) is 29.4 Å². The zero-order valence-electron chi connectivity index (χ0n) is 22.3. The lowest BCUT2D eigenvalue weighted by Crippen LogP contribution is -2.26. The number of sulfonamides is 1. The summed E-state index contributed by atoms with van der Waals surface area (Å²) >= 11 is 0. The minimum absolute atomic E-state index is 0.0105. The van der Waals surface area contributed by atoms with E-state index in [-0.39, 0.29) is 45.1 Å². The highest BCUT2D eigenvalue weighted by Gasteiger charge is 2.33. The first kappa shape index (κ1) is 29.0. The third-order valence-electron chi connectivity index (χ3n) is 6.48. The lowest BCUT2D eigenvalue weighted by atomic mass is 10.0. The zero-order chi connectivity index (χ0) is 30.1. The highest BCUT2D eigenvalue weighted by Crippen LogP contribution is 2.38. The van der Waals surface area contributed by atoms with E-state index in [0.29, 0.717) is 5.75 Å². The van der Waals surface area contributed by atoms with Crippen molar-refractivity contribution in [1.82, 2.24) is 14.3 Å². The van der Waals surface area contributed by atoms with Crippen LogP contribution < -0.4 is 9.47 Å². The maximum absolute atomic E-state index is 15.0. The van der Waals surface area contributed by atoms with Crippen molar-refractivity contribution < 1.29 is 35.5 Å². The van der Waals surface area contributed by atoms with Gasteiger partial charge < -0.3 is 9.47 Å². The molecule has 0 saturated carbocycles. The largest absolute Gasteiger partial charge is 0.497 e. The molecule has 1 heterocycles. The first-order chi connectivity index (χ1) is 20.0. The van der Waals surface area contributed by atoms with Crippen molar-refractivity contribution in [1.29, 1.82) is 0 Å². The second-order valence-corrected chi connectivity index (χ2v) is 11.3. The Hall–Kier alpha value is -4.55. The number of methoxy groups -OCH3 is 1. The van der Waals surface area contributed by atoms with Crippen LogP contribution in [0.3, 0.4) is 0 Å². The predicted octanol–water partition coefficient (Wildman–Crippen LogP) is 7.08. The van der Waals surface area contributed by atoms with E-state index in [1.807, 2.05) is 0 Å². The lowest BCUT2D eigenvalue weighted by Gasteiger charge is -2.18. The second-order valence-electron chi connectivity index (χ2n) is 9.25. The fraction of sp³-hybridized carbons (Fsp3) is 0.133. The molecule has 4 aromatic carbocycles. The molecule has 0 aliphatic rings. The van der Waals surface area contributed by atoms with E-state index in [1.165, 1.54) is 59.9 Å². The van der Waals surface area contributed by atoms with Crippen LogP contribution in [-0.2, 0) is 22.7 Å². The van der Waals surface area contributed by atoms with Gasteiger partial charge in [-0.05, 0) is 54.1 Å². The number of ether oxygens (including phenoxy) is 2. The van der Waals surface area contributed by atoms with Gasteiger partial charge in [0.15, 0.2) is 0 Å². The van der Waals surface area contributed by atoms with Gasteiger partial charge in [-0.3, -0.25) is 0 Å². The van der Waals surface area contributed by atoms with E-state index >= 15 is 0 Å². The smallest absolute Gasteiger partial charge is 0.418 e. The second kappa shape index (κ2) is 11.4. The molecule has 0 radical (unpaired) electrons. The van der Waals surface area contributed by atoms with Gasteiger partial charge in [0, 0.05) is 30.6 Å². The third kappa shape index (κ3) is 5.90. The van der Waals surface area contributed by atoms with E-state index in [0.717, 1.165) is 24.0 Å². The summed E-state index contributed by atoms with van der Waals surface area (Å²) in [5, 5.41) is 0.0105. The molecule has 0 aliphatic carbocycles. The highest BCUT2D eigenvalue weighted by molar-refractivity contribution is 7.89. The van der Waals surface area contributed by atoms with Gasteiger partial charge in [0.25, 0.3) is 0 Å². The zero-order valence-corrected chi connectivity index (χ0v) is 23.1. The van der Waals surface area contributed by atoms with Crippen molar-refractivity contribution in [3.05, 3.63) is 108 Å². The number of benzene rings is 4. The van der Waals surface area contributed by atoms with Crippen LogP contribution in [-0.4, -0.2) is 36.8 Å². The van der Waals surface area contributed by atoms with Crippen LogP contribution in [0.1, 0.15) is 11.1 Å². The number of alkyl halides is 3. The minimum Gasteiger partial charge on any atom is -0.497 e. The van der Waals surface area contributed by atoms with Gasteiger partial charge in [-0.1, -0.05) is 30.3 Å². The summed E-state index contributed by atoms with van der Waals surface area (Å²) in [5.41, 5.74) is -0.732. The van der Waals surface area contributed by atoms with Crippen molar-refractivity contribution in [2.24, 2.45) is 0 Å². The molecule has 5 rings (SSSR count). The standard InChI is InChI=1S/C30H23F4N3O4S/c1-37(17-19-9-11-20(40-2)12-10-19)42(38,39)23-6-3-5-21(15-23)41-22-13-14-27(31)25(16-22)28-24-7-4-8-26(30(32,33)34)29(24)36-18-35-28/h3-16,18H,17H2,1-2H3. The number of fused-ring (bicyclic) bond motifs is 1. The molecule has 0 N–H and O–H groups in total. The number of halogens is 4. The van der Waals surface area contributed by atoms with Crippen LogP contribution in [0.15, 0.2) is 96.2 Å². The molecular weight excluding hydrogens is 574 g/mol. The van der Waals surface area contributed by atoms with Crippen LogP contribution in [0.25, 0.3) is 22.2 Å². The number of aromatic nitrogens is 2. The van der Waals surface area contributed by atoms with Gasteiger partial charge in [-0.25, -0.2) is 22.8 Å². The van der Waals surface area contributed by atoms with Crippen LogP contribution in [0.5, 0.6) is 17.2 Å². The number of rotatable bonds is 8. The van der Waals surface area contributed by atoms with E-state index in [1.54, 1.807) is 31.4 Å². The Morgan fingerprint density at radius 2 is 1.55 bits per heavy atom. The summed E-state index contributed by atoms with van der Waals surface area (Å²) in [4.78, 5) is 7.81. The van der Waals surface area contributed by atoms with E-state index < -0.39 is 27.6 Å². The highest BCUT2D eigenvalue weighted by atomic mass is 32.2. The molecule has 0 saturated heterocycles. The number of hydrogen-bond acceptors (Lipinski definition) is 6. The fourth-order valence-corrected chi connectivity index (χ4v) is 5.56. The molecular formula is C30H23F4N3O4S. The topological polar surface area (TPSA) is 81.6 Å². The SMILES string of the molecule is COc1ccc(CN(C)S(=O)(=O)c2cccc(Oc3ccc(F)c(-c4ncnc5c(C(F)(F)F)cccc45)c3)c2)cc1.